The first-order chi connectivity index (χ1) is 11.2. The smallest absolute Gasteiger partial charge is 0.307 e. The summed E-state index contributed by atoms with van der Waals surface area (Å²) in [4.78, 5) is 25.1. The molecule has 23 heavy (non-hydrogen) atoms. The van der Waals surface area contributed by atoms with Crippen LogP contribution in [-0.4, -0.2) is 18.5 Å². The molecule has 1 aliphatic heterocycles. The Kier molecular flexibility index (Phi) is 4.15. The third-order valence-corrected chi connectivity index (χ3v) is 4.29. The van der Waals surface area contributed by atoms with Crippen molar-refractivity contribution in [3.63, 3.8) is 0 Å². The van der Waals surface area contributed by atoms with Gasteiger partial charge in [0.05, 0.1) is 13.0 Å². The molecule has 4 heteroatoms. The molecule has 1 heterocycles. The average Bonchev–Trinajstić information content (AvgIpc) is 2.58. The topological polar surface area (TPSA) is 55.4 Å². The molecule has 3 rings (SSSR count). The van der Waals surface area contributed by atoms with E-state index in [2.05, 4.69) is 5.32 Å². The van der Waals surface area contributed by atoms with Crippen molar-refractivity contribution in [1.82, 2.24) is 5.32 Å². The number of carbonyl (C=O) groups excluding carboxylic acids is 2. The van der Waals surface area contributed by atoms with Crippen LogP contribution in [0.4, 0.5) is 0 Å². The van der Waals surface area contributed by atoms with E-state index in [0.717, 1.165) is 16.7 Å². The summed E-state index contributed by atoms with van der Waals surface area (Å²) in [5.74, 6) is -0.529. The second-order valence-electron chi connectivity index (χ2n) is 5.59. The molecule has 1 N–H and O–H groups in total. The monoisotopic (exact) mass is 309 g/mol. The van der Waals surface area contributed by atoms with Crippen molar-refractivity contribution < 1.29 is 14.3 Å². The molecule has 118 valence electrons. The standard InChI is InChI=1S/C19H19NO3/c1-2-23-17(21)12-19(15-9-4-3-5-10-15)16-11-7-6-8-14(16)13-20-18(19)22/h3-11H,2,12-13H2,1H3,(H,20,22). The summed E-state index contributed by atoms with van der Waals surface area (Å²) in [6.45, 7) is 2.54. The van der Waals surface area contributed by atoms with E-state index in [1.165, 1.54) is 0 Å². The molecule has 2 aromatic rings. The van der Waals surface area contributed by atoms with Gasteiger partial charge in [0, 0.05) is 6.54 Å². The van der Waals surface area contributed by atoms with Crippen LogP contribution in [0.1, 0.15) is 30.0 Å². The number of rotatable bonds is 4. The number of ether oxygens (including phenoxy) is 1. The minimum absolute atomic E-state index is 0.00625. The van der Waals surface area contributed by atoms with Gasteiger partial charge in [-0.2, -0.15) is 0 Å². The Morgan fingerprint density at radius 2 is 1.83 bits per heavy atom. The lowest BCUT2D eigenvalue weighted by Crippen LogP contribution is -2.50. The zero-order valence-electron chi connectivity index (χ0n) is 13.0. The van der Waals surface area contributed by atoms with Gasteiger partial charge in [0.1, 0.15) is 5.41 Å². The predicted octanol–water partition coefficient (Wildman–Crippen LogP) is 2.56. The van der Waals surface area contributed by atoms with Crippen molar-refractivity contribution >= 4 is 11.9 Å². The molecule has 1 amide bonds. The minimum Gasteiger partial charge on any atom is -0.466 e. The molecular weight excluding hydrogens is 290 g/mol. The van der Waals surface area contributed by atoms with Crippen molar-refractivity contribution in [2.24, 2.45) is 0 Å². The van der Waals surface area contributed by atoms with Gasteiger partial charge in [-0.05, 0) is 23.6 Å². The van der Waals surface area contributed by atoms with E-state index >= 15 is 0 Å². The predicted molar refractivity (Wildman–Crippen MR) is 86.8 cm³/mol. The molecule has 2 aromatic carbocycles. The molecule has 0 fully saturated rings. The Balaban J connectivity index is 2.20. The summed E-state index contributed by atoms with van der Waals surface area (Å²) in [7, 11) is 0. The molecular formula is C19H19NO3. The SMILES string of the molecule is CCOC(=O)CC1(c2ccccc2)C(=O)NCc2ccccc21. The number of hydrogen-bond acceptors (Lipinski definition) is 3. The van der Waals surface area contributed by atoms with Crippen LogP contribution in [0.2, 0.25) is 0 Å². The molecule has 0 aromatic heterocycles. The average molecular weight is 309 g/mol. The Bertz CT molecular complexity index is 726. The molecule has 0 aliphatic carbocycles. The molecule has 0 saturated heterocycles. The van der Waals surface area contributed by atoms with Gasteiger partial charge in [0.25, 0.3) is 0 Å². The zero-order valence-corrected chi connectivity index (χ0v) is 13.0. The van der Waals surface area contributed by atoms with E-state index in [9.17, 15) is 9.59 Å². The molecule has 0 bridgehead atoms. The molecule has 4 nitrogen and oxygen atoms in total. The van der Waals surface area contributed by atoms with Crippen LogP contribution >= 0.6 is 0 Å². The molecule has 0 saturated carbocycles. The number of benzene rings is 2. The van der Waals surface area contributed by atoms with Gasteiger partial charge in [-0.1, -0.05) is 54.6 Å². The normalized spacial score (nSPS) is 19.6. The van der Waals surface area contributed by atoms with Crippen LogP contribution in [0.3, 0.4) is 0 Å². The fourth-order valence-corrected chi connectivity index (χ4v) is 3.25. The Morgan fingerprint density at radius 1 is 1.13 bits per heavy atom. The maximum Gasteiger partial charge on any atom is 0.307 e. The highest BCUT2D eigenvalue weighted by atomic mass is 16.5. The number of fused-ring (bicyclic) bond motifs is 1. The number of esters is 1. The largest absolute Gasteiger partial charge is 0.466 e. The van der Waals surface area contributed by atoms with Gasteiger partial charge >= 0.3 is 5.97 Å². The number of amides is 1. The van der Waals surface area contributed by atoms with Crippen molar-refractivity contribution in [2.45, 2.75) is 25.3 Å². The fourth-order valence-electron chi connectivity index (χ4n) is 3.25. The second kappa shape index (κ2) is 6.24. The van der Waals surface area contributed by atoms with Crippen LogP contribution in [0.15, 0.2) is 54.6 Å². The first-order valence-electron chi connectivity index (χ1n) is 7.76. The molecule has 0 radical (unpaired) electrons. The van der Waals surface area contributed by atoms with E-state index in [1.54, 1.807) is 6.92 Å². The third-order valence-electron chi connectivity index (χ3n) is 4.29. The van der Waals surface area contributed by atoms with Crippen molar-refractivity contribution in [3.8, 4) is 0 Å². The summed E-state index contributed by atoms with van der Waals surface area (Å²) in [6.07, 6.45) is -0.00625. The minimum atomic E-state index is -1.04. The summed E-state index contributed by atoms with van der Waals surface area (Å²) in [6, 6.07) is 17.2. The summed E-state index contributed by atoms with van der Waals surface area (Å²) < 4.78 is 5.14. The van der Waals surface area contributed by atoms with Gasteiger partial charge in [-0.15, -0.1) is 0 Å². The summed E-state index contributed by atoms with van der Waals surface area (Å²) in [5.41, 5.74) is 1.67. The maximum absolute atomic E-state index is 12.9. The summed E-state index contributed by atoms with van der Waals surface area (Å²) in [5, 5.41) is 2.93. The van der Waals surface area contributed by atoms with Gasteiger partial charge in [0.15, 0.2) is 0 Å². The lowest BCUT2D eigenvalue weighted by Gasteiger charge is -2.37. The van der Waals surface area contributed by atoms with Crippen LogP contribution in [-0.2, 0) is 26.3 Å². The highest BCUT2D eigenvalue weighted by Crippen LogP contribution is 2.40. The number of hydrogen-bond donors (Lipinski definition) is 1. The van der Waals surface area contributed by atoms with Crippen molar-refractivity contribution in [3.05, 3.63) is 71.3 Å². The van der Waals surface area contributed by atoms with Gasteiger partial charge in [-0.25, -0.2) is 0 Å². The van der Waals surface area contributed by atoms with Gasteiger partial charge in [0.2, 0.25) is 5.91 Å². The Morgan fingerprint density at radius 3 is 2.57 bits per heavy atom. The quantitative estimate of drug-likeness (QED) is 0.883. The lowest BCUT2D eigenvalue weighted by molar-refractivity contribution is -0.146. The highest BCUT2D eigenvalue weighted by Gasteiger charge is 2.47. The van der Waals surface area contributed by atoms with Crippen molar-refractivity contribution in [2.75, 3.05) is 6.61 Å². The molecule has 0 spiro atoms. The first kappa shape index (κ1) is 15.3. The first-order valence-corrected chi connectivity index (χ1v) is 7.76. The highest BCUT2D eigenvalue weighted by molar-refractivity contribution is 5.97. The van der Waals surface area contributed by atoms with Crippen molar-refractivity contribution in [1.29, 1.82) is 0 Å². The fraction of sp³-hybridized carbons (Fsp3) is 0.263. The van der Waals surface area contributed by atoms with E-state index in [4.69, 9.17) is 4.74 Å². The molecule has 1 unspecified atom stereocenters. The van der Waals surface area contributed by atoms with Crippen LogP contribution < -0.4 is 5.32 Å². The number of nitrogens with one attached hydrogen (secondary N) is 1. The zero-order chi connectivity index (χ0) is 16.3. The third kappa shape index (κ3) is 2.61. The Labute approximate surface area is 135 Å². The molecule has 1 aliphatic rings. The van der Waals surface area contributed by atoms with Crippen LogP contribution in [0.25, 0.3) is 0 Å². The van der Waals surface area contributed by atoms with E-state index in [0.29, 0.717) is 13.2 Å². The molecule has 1 atom stereocenters. The lowest BCUT2D eigenvalue weighted by atomic mass is 9.68. The van der Waals surface area contributed by atoms with Crippen LogP contribution in [0.5, 0.6) is 0 Å². The number of carbonyl (C=O) groups is 2. The second-order valence-corrected chi connectivity index (χ2v) is 5.59. The van der Waals surface area contributed by atoms with E-state index in [-0.39, 0.29) is 18.3 Å². The Hall–Kier alpha value is -2.62. The van der Waals surface area contributed by atoms with Gasteiger partial charge in [-0.3, -0.25) is 9.59 Å². The van der Waals surface area contributed by atoms with Gasteiger partial charge < -0.3 is 10.1 Å². The van der Waals surface area contributed by atoms with E-state index < -0.39 is 5.41 Å². The summed E-state index contributed by atoms with van der Waals surface area (Å²) >= 11 is 0. The van der Waals surface area contributed by atoms with E-state index in [1.807, 2.05) is 54.6 Å². The maximum atomic E-state index is 12.9. The van der Waals surface area contributed by atoms with Crippen LogP contribution in [0, 0.1) is 0 Å².